The van der Waals surface area contributed by atoms with Crippen LogP contribution < -0.4 is 5.32 Å². The summed E-state index contributed by atoms with van der Waals surface area (Å²) in [5.74, 6) is 1.08. The van der Waals surface area contributed by atoms with E-state index in [9.17, 15) is 18.0 Å². The number of carbonyl (C=O) groups excluding carboxylic acids is 1. The molecule has 0 aliphatic rings. The van der Waals surface area contributed by atoms with Crippen molar-refractivity contribution in [3.8, 4) is 0 Å². The number of Topliss-reactive ketones (excluding diaryl/α,β-unsaturated/α-hetero) is 1. The molecule has 2 heterocycles. The van der Waals surface area contributed by atoms with E-state index in [1.54, 1.807) is 18.8 Å². The highest BCUT2D eigenvalue weighted by Crippen LogP contribution is 2.41. The molecule has 0 spiro atoms. The summed E-state index contributed by atoms with van der Waals surface area (Å²) in [6.07, 6.45) is 1.13. The molecule has 29 heavy (non-hydrogen) atoms. The second kappa shape index (κ2) is 9.28. The predicted octanol–water partition coefficient (Wildman–Crippen LogP) is 7.25. The van der Waals surface area contributed by atoms with E-state index in [2.05, 4.69) is 26.2 Å². The van der Waals surface area contributed by atoms with Crippen LogP contribution in [-0.2, 0) is 6.42 Å². The molecule has 10 heteroatoms. The van der Waals surface area contributed by atoms with Gasteiger partial charge in [0.2, 0.25) is 0 Å². The van der Waals surface area contributed by atoms with Crippen LogP contribution in [0.2, 0.25) is 0 Å². The summed E-state index contributed by atoms with van der Waals surface area (Å²) in [5.41, 5.74) is -3.97. The molecule has 0 aliphatic carbocycles. The van der Waals surface area contributed by atoms with Gasteiger partial charge in [-0.3, -0.25) is 4.79 Å². The first-order valence-corrected chi connectivity index (χ1v) is 11.9. The number of aromatic nitrogens is 1. The molecule has 0 radical (unpaired) electrons. The van der Waals surface area contributed by atoms with Gasteiger partial charge in [-0.15, -0.1) is 23.1 Å². The highest BCUT2D eigenvalue weighted by atomic mass is 79.9. The molecule has 0 aliphatic heterocycles. The Kier molecular flexibility index (Phi) is 7.19. The van der Waals surface area contributed by atoms with Crippen LogP contribution in [-0.4, -0.2) is 29.1 Å². The van der Waals surface area contributed by atoms with Crippen LogP contribution in [0.4, 0.5) is 19.0 Å². The number of carbonyl (C=O) groups is 1. The van der Waals surface area contributed by atoms with Crippen molar-refractivity contribution in [2.45, 2.75) is 28.6 Å². The molecule has 2 aromatic heterocycles. The zero-order valence-corrected chi connectivity index (χ0v) is 19.4. The first-order valence-electron chi connectivity index (χ1n) is 8.52. The van der Waals surface area contributed by atoms with Gasteiger partial charge in [-0.1, -0.05) is 28.9 Å². The third-order valence-electron chi connectivity index (χ3n) is 3.91. The van der Waals surface area contributed by atoms with Crippen molar-refractivity contribution in [3.05, 3.63) is 45.4 Å². The SMILES string of the molecule is CCSc1c(C(=O)Cc2cc(SC(F)(F)F)cnc2NC)sc2cc(Br)ccc12. The van der Waals surface area contributed by atoms with Gasteiger partial charge in [0.25, 0.3) is 0 Å². The second-order valence-electron chi connectivity index (χ2n) is 5.91. The summed E-state index contributed by atoms with van der Waals surface area (Å²) in [6.45, 7) is 2.02. The molecule has 0 atom stereocenters. The third kappa shape index (κ3) is 5.48. The molecule has 1 N–H and O–H groups in total. The van der Waals surface area contributed by atoms with Gasteiger partial charge in [-0.2, -0.15) is 13.2 Å². The van der Waals surface area contributed by atoms with Gasteiger partial charge >= 0.3 is 5.51 Å². The average Bonchev–Trinajstić information content (AvgIpc) is 2.99. The molecule has 0 saturated carbocycles. The van der Waals surface area contributed by atoms with Crippen LogP contribution in [0, 0.1) is 0 Å². The Hall–Kier alpha value is -1.23. The lowest BCUT2D eigenvalue weighted by atomic mass is 10.1. The molecule has 154 valence electrons. The number of nitrogens with zero attached hydrogens (tertiary/aromatic N) is 1. The van der Waals surface area contributed by atoms with E-state index in [1.807, 2.05) is 25.1 Å². The van der Waals surface area contributed by atoms with E-state index in [0.29, 0.717) is 16.3 Å². The van der Waals surface area contributed by atoms with Gasteiger partial charge in [0.05, 0.1) is 4.88 Å². The Balaban J connectivity index is 1.97. The fourth-order valence-corrected chi connectivity index (χ4v) is 6.20. The van der Waals surface area contributed by atoms with Gasteiger partial charge in [0.1, 0.15) is 5.82 Å². The van der Waals surface area contributed by atoms with Gasteiger partial charge in [-0.25, -0.2) is 4.98 Å². The molecule has 0 fully saturated rings. The molecule has 0 saturated heterocycles. The number of benzene rings is 1. The summed E-state index contributed by atoms with van der Waals surface area (Å²) in [4.78, 5) is 18.7. The van der Waals surface area contributed by atoms with Crippen LogP contribution in [0.25, 0.3) is 10.1 Å². The van der Waals surface area contributed by atoms with Crippen molar-refractivity contribution in [1.82, 2.24) is 4.98 Å². The fraction of sp³-hybridized carbons (Fsp3) is 0.263. The normalized spacial score (nSPS) is 11.8. The van der Waals surface area contributed by atoms with Crippen molar-refractivity contribution in [1.29, 1.82) is 0 Å². The van der Waals surface area contributed by atoms with Crippen LogP contribution >= 0.6 is 50.8 Å². The number of ketones is 1. The summed E-state index contributed by atoms with van der Waals surface area (Å²) >= 11 is 6.22. The number of alkyl halides is 3. The number of halogens is 4. The zero-order chi connectivity index (χ0) is 21.2. The number of nitrogens with one attached hydrogen (secondary N) is 1. The highest BCUT2D eigenvalue weighted by Gasteiger charge is 2.30. The average molecular weight is 521 g/mol. The number of fused-ring (bicyclic) bond motifs is 1. The molecule has 3 nitrogen and oxygen atoms in total. The number of rotatable bonds is 7. The Morgan fingerprint density at radius 3 is 2.72 bits per heavy atom. The molecule has 3 rings (SSSR count). The van der Waals surface area contributed by atoms with Crippen LogP contribution in [0.5, 0.6) is 0 Å². The molecular formula is C19H16BrF3N2OS3. The first-order chi connectivity index (χ1) is 13.7. The van der Waals surface area contributed by atoms with E-state index in [-0.39, 0.29) is 28.9 Å². The Morgan fingerprint density at radius 2 is 2.07 bits per heavy atom. The van der Waals surface area contributed by atoms with E-state index < -0.39 is 5.51 Å². The minimum Gasteiger partial charge on any atom is -0.373 e. The molecule has 1 aromatic carbocycles. The van der Waals surface area contributed by atoms with Gasteiger partial charge in [0.15, 0.2) is 5.78 Å². The maximum Gasteiger partial charge on any atom is 0.446 e. The predicted molar refractivity (Wildman–Crippen MR) is 120 cm³/mol. The topological polar surface area (TPSA) is 42.0 Å². The number of pyridine rings is 1. The minimum absolute atomic E-state index is 0.0271. The maximum absolute atomic E-state index is 13.1. The van der Waals surface area contributed by atoms with E-state index in [1.165, 1.54) is 17.4 Å². The lowest BCUT2D eigenvalue weighted by Gasteiger charge is -2.11. The van der Waals surface area contributed by atoms with E-state index in [0.717, 1.165) is 31.4 Å². The van der Waals surface area contributed by atoms with Crippen molar-refractivity contribution in [2.75, 3.05) is 18.1 Å². The molecule has 0 bridgehead atoms. The highest BCUT2D eigenvalue weighted by molar-refractivity contribution is 9.10. The summed E-state index contributed by atoms with van der Waals surface area (Å²) in [5, 5.41) is 3.87. The third-order valence-corrected chi connectivity index (χ3v) is 7.42. The van der Waals surface area contributed by atoms with Crippen molar-refractivity contribution < 1.29 is 18.0 Å². The first kappa shape index (κ1) is 22.5. The monoisotopic (exact) mass is 520 g/mol. The van der Waals surface area contributed by atoms with Crippen LogP contribution in [0.3, 0.4) is 0 Å². The van der Waals surface area contributed by atoms with Crippen LogP contribution in [0.15, 0.2) is 44.7 Å². The minimum atomic E-state index is -4.41. The van der Waals surface area contributed by atoms with E-state index in [4.69, 9.17) is 0 Å². The molecule has 0 unspecified atom stereocenters. The van der Waals surface area contributed by atoms with Gasteiger partial charge in [-0.05, 0) is 35.7 Å². The second-order valence-corrected chi connectivity index (χ2v) is 10.3. The fourth-order valence-electron chi connectivity index (χ4n) is 2.81. The largest absolute Gasteiger partial charge is 0.446 e. The number of thiophene rings is 1. The quantitative estimate of drug-likeness (QED) is 0.262. The number of hydrogen-bond acceptors (Lipinski definition) is 6. The Bertz CT molecular complexity index is 1050. The molecule has 0 amide bonds. The van der Waals surface area contributed by atoms with Crippen molar-refractivity contribution in [2.24, 2.45) is 0 Å². The zero-order valence-electron chi connectivity index (χ0n) is 15.4. The van der Waals surface area contributed by atoms with E-state index >= 15 is 0 Å². The summed E-state index contributed by atoms with van der Waals surface area (Å²) in [7, 11) is 1.63. The number of thioether (sulfide) groups is 2. The van der Waals surface area contributed by atoms with Gasteiger partial charge in [0, 0.05) is 49.6 Å². The molecule has 3 aromatic rings. The Morgan fingerprint density at radius 1 is 1.31 bits per heavy atom. The summed E-state index contributed by atoms with van der Waals surface area (Å²) in [6, 6.07) is 7.26. The number of anilines is 1. The summed E-state index contributed by atoms with van der Waals surface area (Å²) < 4.78 is 40.1. The van der Waals surface area contributed by atoms with Crippen molar-refractivity contribution in [3.63, 3.8) is 0 Å². The maximum atomic E-state index is 13.1. The Labute approximate surface area is 187 Å². The van der Waals surface area contributed by atoms with Crippen LogP contribution in [0.1, 0.15) is 22.2 Å². The van der Waals surface area contributed by atoms with Crippen molar-refractivity contribution >= 4 is 72.5 Å². The smallest absolute Gasteiger partial charge is 0.373 e. The lowest BCUT2D eigenvalue weighted by Crippen LogP contribution is -2.08. The lowest BCUT2D eigenvalue weighted by molar-refractivity contribution is -0.0328. The number of hydrogen-bond donors (Lipinski definition) is 1. The molecular weight excluding hydrogens is 505 g/mol. The standard InChI is InChI=1S/C19H16BrF3N2OS3/c1-3-27-16-13-5-4-11(20)8-15(13)28-17(16)14(26)7-10-6-12(29-19(21,22)23)9-25-18(10)24-2/h4-6,8-9H,3,7H2,1-2H3,(H,24,25). The van der Waals surface area contributed by atoms with Gasteiger partial charge < -0.3 is 5.32 Å².